The van der Waals surface area contributed by atoms with Crippen molar-refractivity contribution >= 4 is 16.7 Å². The van der Waals surface area contributed by atoms with Gasteiger partial charge in [-0.1, -0.05) is 17.3 Å². The first-order valence-corrected chi connectivity index (χ1v) is 4.79. The Morgan fingerprint density at radius 2 is 2.07 bits per heavy atom. The Labute approximate surface area is 88.1 Å². The van der Waals surface area contributed by atoms with Crippen LogP contribution in [0.2, 0.25) is 0 Å². The summed E-state index contributed by atoms with van der Waals surface area (Å²) in [6, 6.07) is 8.09. The van der Waals surface area contributed by atoms with E-state index in [0.717, 1.165) is 16.9 Å². The van der Waals surface area contributed by atoms with Gasteiger partial charge in [0.15, 0.2) is 16.7 Å². The van der Waals surface area contributed by atoms with Crippen molar-refractivity contribution in [1.29, 1.82) is 0 Å². The standard InChI is InChI=1S/C11H13N3O/c1-8(12-15)11-13(2)9-6-4-5-7-10(9)14(11)3/h4-7H,1-3H3/p+1. The first-order chi connectivity index (χ1) is 7.16. The summed E-state index contributed by atoms with van der Waals surface area (Å²) in [5, 5.41) is 12.1. The molecule has 15 heavy (non-hydrogen) atoms. The van der Waals surface area contributed by atoms with E-state index in [-0.39, 0.29) is 0 Å². The van der Waals surface area contributed by atoms with E-state index in [2.05, 4.69) is 5.16 Å². The molecule has 1 aromatic carbocycles. The van der Waals surface area contributed by atoms with E-state index in [0.29, 0.717) is 5.71 Å². The summed E-state index contributed by atoms with van der Waals surface area (Å²) in [6.07, 6.45) is 0. The molecule has 0 fully saturated rings. The summed E-state index contributed by atoms with van der Waals surface area (Å²) in [5.74, 6) is 0.902. The first kappa shape index (κ1) is 9.71. The van der Waals surface area contributed by atoms with E-state index in [9.17, 15) is 0 Å². The van der Waals surface area contributed by atoms with Crippen molar-refractivity contribution in [2.24, 2.45) is 19.3 Å². The van der Waals surface area contributed by atoms with Crippen molar-refractivity contribution in [1.82, 2.24) is 4.57 Å². The molecule has 2 rings (SSSR count). The van der Waals surface area contributed by atoms with Gasteiger partial charge in [-0.2, -0.15) is 0 Å². The number of rotatable bonds is 1. The molecule has 0 aliphatic heterocycles. The summed E-state index contributed by atoms with van der Waals surface area (Å²) in [6.45, 7) is 1.79. The van der Waals surface area contributed by atoms with Crippen molar-refractivity contribution in [2.75, 3.05) is 0 Å². The first-order valence-electron chi connectivity index (χ1n) is 4.79. The zero-order chi connectivity index (χ0) is 11.0. The molecule has 0 aliphatic carbocycles. The summed E-state index contributed by atoms with van der Waals surface area (Å²) in [4.78, 5) is 0. The summed E-state index contributed by atoms with van der Waals surface area (Å²) in [7, 11) is 3.93. The van der Waals surface area contributed by atoms with Crippen LogP contribution in [-0.4, -0.2) is 15.5 Å². The van der Waals surface area contributed by atoms with Crippen LogP contribution in [0.5, 0.6) is 0 Å². The van der Waals surface area contributed by atoms with Gasteiger partial charge in [0.2, 0.25) is 0 Å². The molecule has 0 saturated carbocycles. The zero-order valence-electron chi connectivity index (χ0n) is 9.10. The van der Waals surface area contributed by atoms with Crippen LogP contribution in [0.4, 0.5) is 0 Å². The van der Waals surface area contributed by atoms with Gasteiger partial charge in [0, 0.05) is 0 Å². The topological polar surface area (TPSA) is 41.4 Å². The lowest BCUT2D eigenvalue weighted by atomic mass is 10.3. The number of aryl methyl sites for hydroxylation is 2. The number of benzene rings is 1. The third kappa shape index (κ3) is 1.29. The Balaban J connectivity index is 2.87. The van der Waals surface area contributed by atoms with E-state index < -0.39 is 0 Å². The molecular formula is C11H14N3O+. The lowest BCUT2D eigenvalue weighted by molar-refractivity contribution is -0.647. The van der Waals surface area contributed by atoms with Gasteiger partial charge in [-0.05, 0) is 19.1 Å². The molecule has 4 heteroatoms. The molecule has 0 spiro atoms. The zero-order valence-corrected chi connectivity index (χ0v) is 9.10. The summed E-state index contributed by atoms with van der Waals surface area (Å²) in [5.41, 5.74) is 2.85. The number of hydrogen-bond acceptors (Lipinski definition) is 2. The van der Waals surface area contributed by atoms with Crippen LogP contribution in [0, 0.1) is 0 Å². The van der Waals surface area contributed by atoms with Crippen molar-refractivity contribution in [3.63, 3.8) is 0 Å². The minimum absolute atomic E-state index is 0.608. The fraction of sp³-hybridized carbons (Fsp3) is 0.273. The maximum absolute atomic E-state index is 8.82. The van der Waals surface area contributed by atoms with E-state index in [1.807, 2.05) is 47.5 Å². The van der Waals surface area contributed by atoms with E-state index >= 15 is 0 Å². The average molecular weight is 204 g/mol. The quantitative estimate of drug-likeness (QED) is 0.322. The summed E-state index contributed by atoms with van der Waals surface area (Å²) < 4.78 is 4.04. The van der Waals surface area contributed by atoms with Gasteiger partial charge in [0.1, 0.15) is 0 Å². The number of imidazole rings is 1. The Bertz CT molecular complexity index is 501. The Hall–Kier alpha value is -1.84. The molecule has 0 aliphatic rings. The average Bonchev–Trinajstić information content (AvgIpc) is 2.52. The highest BCUT2D eigenvalue weighted by Gasteiger charge is 2.21. The van der Waals surface area contributed by atoms with Crippen LogP contribution >= 0.6 is 0 Å². The predicted molar refractivity (Wildman–Crippen MR) is 58.1 cm³/mol. The fourth-order valence-corrected chi connectivity index (χ4v) is 2.01. The van der Waals surface area contributed by atoms with Gasteiger partial charge in [-0.25, -0.2) is 9.13 Å². The van der Waals surface area contributed by atoms with Gasteiger partial charge in [-0.15, -0.1) is 0 Å². The molecular weight excluding hydrogens is 190 g/mol. The second kappa shape index (κ2) is 3.38. The van der Waals surface area contributed by atoms with Gasteiger partial charge < -0.3 is 5.21 Å². The Morgan fingerprint density at radius 3 is 2.67 bits per heavy atom. The molecule has 1 aromatic heterocycles. The molecule has 1 heterocycles. The van der Waals surface area contributed by atoms with Crippen LogP contribution in [0.15, 0.2) is 29.4 Å². The van der Waals surface area contributed by atoms with Gasteiger partial charge in [-0.3, -0.25) is 0 Å². The van der Waals surface area contributed by atoms with Crippen LogP contribution in [0.1, 0.15) is 12.7 Å². The number of nitrogens with zero attached hydrogens (tertiary/aromatic N) is 3. The molecule has 0 atom stereocenters. The van der Waals surface area contributed by atoms with Crippen LogP contribution < -0.4 is 4.57 Å². The normalized spacial score (nSPS) is 12.3. The molecule has 0 unspecified atom stereocenters. The lowest BCUT2D eigenvalue weighted by Gasteiger charge is -1.94. The number of para-hydroxylation sites is 2. The second-order valence-electron chi connectivity index (χ2n) is 3.62. The van der Waals surface area contributed by atoms with Gasteiger partial charge >= 0.3 is 5.82 Å². The van der Waals surface area contributed by atoms with Crippen molar-refractivity contribution < 1.29 is 9.77 Å². The largest absolute Gasteiger partial charge is 0.410 e. The highest BCUT2D eigenvalue weighted by molar-refractivity contribution is 5.95. The van der Waals surface area contributed by atoms with Crippen molar-refractivity contribution in [2.45, 2.75) is 6.92 Å². The van der Waals surface area contributed by atoms with Crippen molar-refractivity contribution in [3.8, 4) is 0 Å². The molecule has 1 N–H and O–H groups in total. The summed E-state index contributed by atoms with van der Waals surface area (Å²) >= 11 is 0. The minimum Gasteiger partial charge on any atom is -0.410 e. The molecule has 0 bridgehead atoms. The molecule has 0 saturated heterocycles. The highest BCUT2D eigenvalue weighted by Crippen LogP contribution is 2.12. The van der Waals surface area contributed by atoms with Gasteiger partial charge in [0.25, 0.3) is 0 Å². The molecule has 2 aromatic rings. The minimum atomic E-state index is 0.608. The molecule has 0 amide bonds. The number of fused-ring (bicyclic) bond motifs is 1. The lowest BCUT2D eigenvalue weighted by Crippen LogP contribution is -2.35. The van der Waals surface area contributed by atoms with Crippen LogP contribution in [0.25, 0.3) is 11.0 Å². The predicted octanol–water partition coefficient (Wildman–Crippen LogP) is 1.20. The number of aromatic nitrogens is 2. The van der Waals surface area contributed by atoms with E-state index in [4.69, 9.17) is 5.21 Å². The van der Waals surface area contributed by atoms with E-state index in [1.165, 1.54) is 0 Å². The Morgan fingerprint density at radius 1 is 1.40 bits per heavy atom. The highest BCUT2D eigenvalue weighted by atomic mass is 16.4. The smallest absolute Gasteiger partial charge is 0.307 e. The van der Waals surface area contributed by atoms with Crippen molar-refractivity contribution in [3.05, 3.63) is 30.1 Å². The Kier molecular flexibility index (Phi) is 2.19. The molecule has 4 nitrogen and oxygen atoms in total. The maximum atomic E-state index is 8.82. The van der Waals surface area contributed by atoms with Gasteiger partial charge in [0.05, 0.1) is 14.1 Å². The van der Waals surface area contributed by atoms with Crippen LogP contribution in [-0.2, 0) is 14.1 Å². The second-order valence-corrected chi connectivity index (χ2v) is 3.62. The third-order valence-electron chi connectivity index (χ3n) is 2.71. The number of oxime groups is 1. The van der Waals surface area contributed by atoms with E-state index in [1.54, 1.807) is 6.92 Å². The fourth-order valence-electron chi connectivity index (χ4n) is 2.01. The monoisotopic (exact) mass is 204 g/mol. The SMILES string of the molecule is C/C(=N/O)c1n(C)c2ccccc2[n+]1C. The number of hydrogen-bond donors (Lipinski definition) is 1. The third-order valence-corrected chi connectivity index (χ3v) is 2.71. The molecule has 0 radical (unpaired) electrons. The van der Waals surface area contributed by atoms with Crippen LogP contribution in [0.3, 0.4) is 0 Å². The maximum Gasteiger partial charge on any atom is 0.307 e. The molecule has 78 valence electrons.